The molecule has 6 atom stereocenters. The largest absolute Gasteiger partial charge is 0.497 e. The second-order valence-corrected chi connectivity index (χ2v) is 30.3. The van der Waals surface area contributed by atoms with Crippen LogP contribution in [0.4, 0.5) is 34.1 Å². The summed E-state index contributed by atoms with van der Waals surface area (Å²) in [6.45, 7) is 15.3. The van der Waals surface area contributed by atoms with Gasteiger partial charge in [-0.1, -0.05) is 162 Å². The molecule has 0 amide bonds. The SMILES string of the molecule is COc1cccc(N2c3ccc(-c4cc(-c5ccc6c(c5)C5(C)CCCCC5(C)N6c5cccc(OC)c5)c5ccc6c(-c7cccc8ccccc78)cc(-c7ccc8c(c7)C7(C)CCCCC7(C)N8c7cccc(OC)c7)c7ccc4c5c76)cc3C3(C)CCCCC23C)c1. The summed E-state index contributed by atoms with van der Waals surface area (Å²) >= 11 is 0. The number of rotatable bonds is 10. The molecular weight excluding hydrogens is 1160 g/mol. The van der Waals surface area contributed by atoms with Gasteiger partial charge in [0.1, 0.15) is 17.2 Å². The third-order valence-corrected chi connectivity index (χ3v) is 26.2. The minimum atomic E-state index is -0.133. The Hall–Kier alpha value is -9.26. The van der Waals surface area contributed by atoms with E-state index in [1.807, 2.05) is 0 Å². The van der Waals surface area contributed by atoms with Crippen LogP contribution in [0.3, 0.4) is 0 Å². The first-order valence-corrected chi connectivity index (χ1v) is 35.2. The second kappa shape index (κ2) is 20.9. The Morgan fingerprint density at radius 1 is 0.284 bits per heavy atom. The maximum absolute atomic E-state index is 5.92. The highest BCUT2D eigenvalue weighted by atomic mass is 16.5. The van der Waals surface area contributed by atoms with Crippen LogP contribution >= 0.6 is 0 Å². The van der Waals surface area contributed by atoms with Crippen LogP contribution in [0.5, 0.6) is 17.2 Å². The predicted octanol–water partition coefficient (Wildman–Crippen LogP) is 23.7. The highest BCUT2D eigenvalue weighted by Gasteiger charge is 2.60. The van der Waals surface area contributed by atoms with Crippen molar-refractivity contribution in [1.82, 2.24) is 0 Å². The van der Waals surface area contributed by atoms with Crippen LogP contribution in [-0.4, -0.2) is 37.9 Å². The van der Waals surface area contributed by atoms with E-state index in [1.54, 1.807) is 21.3 Å². The van der Waals surface area contributed by atoms with Gasteiger partial charge in [-0.05, 0) is 249 Å². The fourth-order valence-corrected chi connectivity index (χ4v) is 20.6. The smallest absolute Gasteiger partial charge is 0.120 e. The molecule has 0 spiro atoms. The molecule has 3 fully saturated rings. The molecule has 0 bridgehead atoms. The Balaban J connectivity index is 0.922. The number of benzene rings is 12. The van der Waals surface area contributed by atoms with E-state index >= 15 is 0 Å². The van der Waals surface area contributed by atoms with Crippen molar-refractivity contribution >= 4 is 77.2 Å². The van der Waals surface area contributed by atoms with Crippen molar-refractivity contribution < 1.29 is 14.2 Å². The van der Waals surface area contributed by atoms with Crippen LogP contribution in [0.15, 0.2) is 206 Å². The molecule has 3 heterocycles. The molecule has 474 valence electrons. The lowest BCUT2D eigenvalue weighted by Crippen LogP contribution is -2.54. The molecule has 6 nitrogen and oxygen atoms in total. The lowest BCUT2D eigenvalue weighted by molar-refractivity contribution is 0.195. The highest BCUT2D eigenvalue weighted by molar-refractivity contribution is 6.32. The zero-order valence-electron chi connectivity index (χ0n) is 56.7. The number of fused-ring (bicyclic) bond motifs is 10. The van der Waals surface area contributed by atoms with E-state index in [1.165, 1.54) is 177 Å². The Bertz CT molecular complexity index is 5000. The molecule has 3 aliphatic carbocycles. The molecule has 12 aromatic carbocycles. The summed E-state index contributed by atoms with van der Waals surface area (Å²) in [5.41, 5.74) is 21.3. The molecule has 6 heteroatoms. The molecule has 0 saturated heterocycles. The van der Waals surface area contributed by atoms with Gasteiger partial charge in [-0.3, -0.25) is 0 Å². The van der Waals surface area contributed by atoms with Crippen molar-refractivity contribution in [3.8, 4) is 61.8 Å². The molecule has 0 aromatic heterocycles. The van der Waals surface area contributed by atoms with Crippen molar-refractivity contribution in [3.63, 3.8) is 0 Å². The van der Waals surface area contributed by atoms with Gasteiger partial charge in [0.05, 0.1) is 37.9 Å². The van der Waals surface area contributed by atoms with Crippen molar-refractivity contribution in [2.75, 3.05) is 36.0 Å². The minimum Gasteiger partial charge on any atom is -0.497 e. The topological polar surface area (TPSA) is 37.4 Å². The average molecular weight is 1240 g/mol. The fourth-order valence-electron chi connectivity index (χ4n) is 20.6. The molecule has 0 radical (unpaired) electrons. The third kappa shape index (κ3) is 7.91. The quantitative estimate of drug-likeness (QED) is 0.127. The van der Waals surface area contributed by atoms with E-state index in [0.717, 1.165) is 55.8 Å². The first-order chi connectivity index (χ1) is 46.1. The number of methoxy groups -OCH3 is 3. The molecule has 18 rings (SSSR count). The van der Waals surface area contributed by atoms with Crippen molar-refractivity contribution in [1.29, 1.82) is 0 Å². The van der Waals surface area contributed by atoms with Crippen molar-refractivity contribution in [3.05, 3.63) is 223 Å². The maximum Gasteiger partial charge on any atom is 0.120 e. The molecule has 3 aliphatic heterocycles. The monoisotopic (exact) mass is 1240 g/mol. The highest BCUT2D eigenvalue weighted by Crippen LogP contribution is 2.66. The number of hydrogen-bond acceptors (Lipinski definition) is 6. The summed E-state index contributed by atoms with van der Waals surface area (Å²) in [5, 5.41) is 10.3. The van der Waals surface area contributed by atoms with E-state index in [-0.39, 0.29) is 32.9 Å². The van der Waals surface area contributed by atoms with Crippen LogP contribution in [0.25, 0.3) is 87.6 Å². The lowest BCUT2D eigenvalue weighted by atomic mass is 9.61. The summed E-state index contributed by atoms with van der Waals surface area (Å²) in [6, 6.07) is 80.0. The number of ether oxygens (including phenoxy) is 3. The first kappa shape index (κ1) is 58.3. The molecule has 6 aliphatic rings. The van der Waals surface area contributed by atoms with Crippen LogP contribution in [-0.2, 0) is 16.2 Å². The van der Waals surface area contributed by atoms with E-state index in [2.05, 4.69) is 262 Å². The Morgan fingerprint density at radius 3 is 1.01 bits per heavy atom. The van der Waals surface area contributed by atoms with Gasteiger partial charge >= 0.3 is 0 Å². The van der Waals surface area contributed by atoms with Gasteiger partial charge in [0.2, 0.25) is 0 Å². The summed E-state index contributed by atoms with van der Waals surface area (Å²) in [4.78, 5) is 8.05. The van der Waals surface area contributed by atoms with Gasteiger partial charge in [0, 0.05) is 68.6 Å². The standard InChI is InChI=1S/C89H85N3O3/c1-84-42-12-15-45-87(84,4)90(60-24-19-27-63(51-60)93-7)79-39-32-57(48-76(79)84)72-54-73(58-33-40-80-77(49-58)85(2)43-13-16-46-88(85,5)91(80)61-25-20-28-64(52-61)94-8)69-37-38-71-75(67-31-18-23-56-22-10-11-30-66(56)67)55-74(70-36-35-68(72)82(69)83(70)71)59-34-41-81-78(50-59)86(3)44-14-17-47-89(86,6)92(81)62-26-21-29-65(53-62)95-9/h10-11,18-41,48-55H,12-17,42-47H2,1-9H3. The van der Waals surface area contributed by atoms with E-state index in [9.17, 15) is 0 Å². The number of nitrogens with zero attached hydrogens (tertiary/aromatic N) is 3. The summed E-state index contributed by atoms with van der Waals surface area (Å²) < 4.78 is 17.7. The Labute approximate surface area is 560 Å². The van der Waals surface area contributed by atoms with Crippen LogP contribution in [0.1, 0.15) is 135 Å². The minimum absolute atomic E-state index is 0.0916. The summed E-state index contributed by atoms with van der Waals surface area (Å²) in [6.07, 6.45) is 14.0. The summed E-state index contributed by atoms with van der Waals surface area (Å²) in [5.74, 6) is 2.66. The average Bonchev–Trinajstić information content (AvgIpc) is 1.64. The van der Waals surface area contributed by atoms with Gasteiger partial charge < -0.3 is 28.9 Å². The number of hydrogen-bond donors (Lipinski definition) is 0. The Kier molecular flexibility index (Phi) is 12.8. The molecular formula is C89H85N3O3. The molecule has 6 unspecified atom stereocenters. The third-order valence-electron chi connectivity index (χ3n) is 26.2. The van der Waals surface area contributed by atoms with E-state index in [0.29, 0.717) is 0 Å². The maximum atomic E-state index is 5.92. The van der Waals surface area contributed by atoms with Crippen molar-refractivity contribution in [2.24, 2.45) is 0 Å². The van der Waals surface area contributed by atoms with E-state index in [4.69, 9.17) is 14.2 Å². The van der Waals surface area contributed by atoms with E-state index < -0.39 is 0 Å². The number of anilines is 6. The van der Waals surface area contributed by atoms with Crippen LogP contribution in [0.2, 0.25) is 0 Å². The van der Waals surface area contributed by atoms with Crippen LogP contribution in [0, 0.1) is 0 Å². The zero-order valence-corrected chi connectivity index (χ0v) is 56.7. The van der Waals surface area contributed by atoms with Gasteiger partial charge in [-0.2, -0.15) is 0 Å². The van der Waals surface area contributed by atoms with Gasteiger partial charge in [-0.15, -0.1) is 0 Å². The molecule has 95 heavy (non-hydrogen) atoms. The van der Waals surface area contributed by atoms with Gasteiger partial charge in [-0.25, -0.2) is 0 Å². The Morgan fingerprint density at radius 2 is 0.621 bits per heavy atom. The van der Waals surface area contributed by atoms with Crippen LogP contribution < -0.4 is 28.9 Å². The normalized spacial score (nSPS) is 25.0. The predicted molar refractivity (Wildman–Crippen MR) is 397 cm³/mol. The molecule has 12 aromatic rings. The molecule has 3 saturated carbocycles. The first-order valence-electron chi connectivity index (χ1n) is 35.2. The fraction of sp³-hybridized carbons (Fsp3) is 0.303. The van der Waals surface area contributed by atoms with Gasteiger partial charge in [0.25, 0.3) is 0 Å². The summed E-state index contributed by atoms with van der Waals surface area (Å²) in [7, 11) is 5.36. The van der Waals surface area contributed by atoms with Crippen molar-refractivity contribution in [2.45, 2.75) is 151 Å². The molecule has 0 N–H and O–H groups in total. The zero-order chi connectivity index (χ0) is 64.5. The van der Waals surface area contributed by atoms with Gasteiger partial charge in [0.15, 0.2) is 0 Å². The second-order valence-electron chi connectivity index (χ2n) is 30.3. The lowest BCUT2D eigenvalue weighted by Gasteiger charge is -2.50.